The van der Waals surface area contributed by atoms with Gasteiger partial charge in [0.25, 0.3) is 0 Å². The lowest BCUT2D eigenvalue weighted by atomic mass is 9.93. The summed E-state index contributed by atoms with van der Waals surface area (Å²) in [6, 6.07) is 5.22. The molecule has 1 aromatic rings. The standard InChI is InChI=1S/C15H17F3N2O2/c1-21-14(4-6-22-7-5-14)10-20-13-3-2-11(9-19)8-12(13)15(16,17)18/h2-3,8,20H,4-7,10H2,1H3. The third kappa shape index (κ3) is 3.70. The molecule has 1 fully saturated rings. The summed E-state index contributed by atoms with van der Waals surface area (Å²) < 4.78 is 50.1. The summed E-state index contributed by atoms with van der Waals surface area (Å²) in [4.78, 5) is 0. The van der Waals surface area contributed by atoms with Gasteiger partial charge in [0.15, 0.2) is 0 Å². The minimum Gasteiger partial charge on any atom is -0.382 e. The summed E-state index contributed by atoms with van der Waals surface area (Å²) in [5.41, 5.74) is -1.45. The summed E-state index contributed by atoms with van der Waals surface area (Å²) in [5, 5.41) is 11.6. The quantitative estimate of drug-likeness (QED) is 0.927. The molecule has 1 saturated heterocycles. The second kappa shape index (κ2) is 6.55. The van der Waals surface area contributed by atoms with E-state index >= 15 is 0 Å². The highest BCUT2D eigenvalue weighted by molar-refractivity contribution is 5.56. The maximum absolute atomic E-state index is 13.1. The first-order valence-electron chi connectivity index (χ1n) is 6.88. The van der Waals surface area contributed by atoms with Crippen molar-refractivity contribution < 1.29 is 22.6 Å². The van der Waals surface area contributed by atoms with E-state index in [0.29, 0.717) is 26.1 Å². The number of rotatable bonds is 4. The van der Waals surface area contributed by atoms with Crippen LogP contribution < -0.4 is 5.32 Å². The molecule has 1 aliphatic heterocycles. The number of alkyl halides is 3. The zero-order chi connectivity index (χ0) is 16.2. The van der Waals surface area contributed by atoms with Gasteiger partial charge in [-0.05, 0) is 18.2 Å². The average molecular weight is 314 g/mol. The second-order valence-electron chi connectivity index (χ2n) is 5.22. The molecule has 0 atom stereocenters. The molecule has 0 spiro atoms. The van der Waals surface area contributed by atoms with Gasteiger partial charge in [-0.3, -0.25) is 0 Å². The van der Waals surface area contributed by atoms with Gasteiger partial charge >= 0.3 is 6.18 Å². The molecule has 1 N–H and O–H groups in total. The van der Waals surface area contributed by atoms with Crippen molar-refractivity contribution in [1.82, 2.24) is 0 Å². The van der Waals surface area contributed by atoms with Crippen molar-refractivity contribution >= 4 is 5.69 Å². The van der Waals surface area contributed by atoms with Gasteiger partial charge in [-0.2, -0.15) is 18.4 Å². The Morgan fingerprint density at radius 2 is 2.05 bits per heavy atom. The van der Waals surface area contributed by atoms with E-state index in [2.05, 4.69) is 5.32 Å². The Morgan fingerprint density at radius 3 is 2.59 bits per heavy atom. The SMILES string of the molecule is COC1(CNc2ccc(C#N)cc2C(F)(F)F)CCOCC1. The van der Waals surface area contributed by atoms with Crippen molar-refractivity contribution in [2.45, 2.75) is 24.6 Å². The van der Waals surface area contributed by atoms with Gasteiger partial charge in [0.2, 0.25) is 0 Å². The largest absolute Gasteiger partial charge is 0.418 e. The number of nitriles is 1. The van der Waals surface area contributed by atoms with Gasteiger partial charge in [0.1, 0.15) is 0 Å². The fraction of sp³-hybridized carbons (Fsp3) is 0.533. The number of benzene rings is 1. The van der Waals surface area contributed by atoms with E-state index in [1.165, 1.54) is 12.1 Å². The first-order valence-corrected chi connectivity index (χ1v) is 6.88. The highest BCUT2D eigenvalue weighted by Crippen LogP contribution is 2.36. The van der Waals surface area contributed by atoms with Crippen LogP contribution in [0.1, 0.15) is 24.0 Å². The fourth-order valence-electron chi connectivity index (χ4n) is 2.46. The molecule has 0 unspecified atom stereocenters. The molecule has 4 nitrogen and oxygen atoms in total. The fourth-order valence-corrected chi connectivity index (χ4v) is 2.46. The Labute approximate surface area is 126 Å². The molecule has 7 heteroatoms. The molecule has 1 heterocycles. The molecule has 0 radical (unpaired) electrons. The van der Waals surface area contributed by atoms with Gasteiger partial charge < -0.3 is 14.8 Å². The predicted octanol–water partition coefficient (Wildman–Crippen LogP) is 3.18. The lowest BCUT2D eigenvalue weighted by molar-refractivity contribution is -0.137. The van der Waals surface area contributed by atoms with Gasteiger partial charge in [0.05, 0.1) is 22.8 Å². The third-order valence-electron chi connectivity index (χ3n) is 3.89. The number of nitrogens with zero attached hydrogens (tertiary/aromatic N) is 1. The lowest BCUT2D eigenvalue weighted by Gasteiger charge is -2.36. The summed E-state index contributed by atoms with van der Waals surface area (Å²) in [5.74, 6) is 0. The molecule has 0 amide bonds. The number of ether oxygens (including phenoxy) is 2. The molecule has 2 rings (SSSR count). The lowest BCUT2D eigenvalue weighted by Crippen LogP contribution is -2.44. The summed E-state index contributed by atoms with van der Waals surface area (Å²) in [6.07, 6.45) is -3.28. The normalized spacial score (nSPS) is 17.8. The summed E-state index contributed by atoms with van der Waals surface area (Å²) >= 11 is 0. The monoisotopic (exact) mass is 314 g/mol. The smallest absolute Gasteiger partial charge is 0.382 e. The van der Waals surface area contributed by atoms with Crippen molar-refractivity contribution in [3.63, 3.8) is 0 Å². The highest BCUT2D eigenvalue weighted by atomic mass is 19.4. The first-order chi connectivity index (χ1) is 10.4. The van der Waals surface area contributed by atoms with E-state index in [-0.39, 0.29) is 17.8 Å². The van der Waals surface area contributed by atoms with Crippen molar-refractivity contribution in [2.75, 3.05) is 32.2 Å². The molecule has 1 aliphatic rings. The van der Waals surface area contributed by atoms with Gasteiger partial charge in [-0.15, -0.1) is 0 Å². The molecule has 0 saturated carbocycles. The number of nitrogens with one attached hydrogen (secondary N) is 1. The van der Waals surface area contributed by atoms with Crippen LogP contribution in [0.2, 0.25) is 0 Å². The Hall–Kier alpha value is -1.78. The third-order valence-corrected chi connectivity index (χ3v) is 3.89. The van der Waals surface area contributed by atoms with Crippen LogP contribution in [0.25, 0.3) is 0 Å². The topological polar surface area (TPSA) is 54.3 Å². The molecule has 0 bridgehead atoms. The Bertz CT molecular complexity index is 561. The molecular formula is C15H17F3N2O2. The first kappa shape index (κ1) is 16.6. The molecule has 0 aromatic heterocycles. The van der Waals surface area contributed by atoms with Crippen LogP contribution in [-0.2, 0) is 15.7 Å². The van der Waals surface area contributed by atoms with E-state index in [9.17, 15) is 13.2 Å². The molecule has 120 valence electrons. The number of hydrogen-bond acceptors (Lipinski definition) is 4. The van der Waals surface area contributed by atoms with Crippen molar-refractivity contribution in [3.8, 4) is 6.07 Å². The maximum atomic E-state index is 13.1. The van der Waals surface area contributed by atoms with Crippen molar-refractivity contribution in [1.29, 1.82) is 5.26 Å². The van der Waals surface area contributed by atoms with Gasteiger partial charge in [-0.25, -0.2) is 0 Å². The number of methoxy groups -OCH3 is 1. The van der Waals surface area contributed by atoms with Gasteiger partial charge in [0, 0.05) is 45.4 Å². The molecular weight excluding hydrogens is 297 g/mol. The second-order valence-corrected chi connectivity index (χ2v) is 5.22. The average Bonchev–Trinajstić information content (AvgIpc) is 2.53. The van der Waals surface area contributed by atoms with Crippen LogP contribution in [0.5, 0.6) is 0 Å². The van der Waals surface area contributed by atoms with Crippen LogP contribution in [0.3, 0.4) is 0 Å². The number of anilines is 1. The summed E-state index contributed by atoms with van der Waals surface area (Å²) in [6.45, 7) is 1.30. The van der Waals surface area contributed by atoms with E-state index < -0.39 is 17.3 Å². The summed E-state index contributed by atoms with van der Waals surface area (Å²) in [7, 11) is 1.55. The van der Waals surface area contributed by atoms with Crippen LogP contribution in [0.15, 0.2) is 18.2 Å². The van der Waals surface area contributed by atoms with Crippen molar-refractivity contribution in [3.05, 3.63) is 29.3 Å². The van der Waals surface area contributed by atoms with E-state index in [1.807, 2.05) is 0 Å². The maximum Gasteiger partial charge on any atom is 0.418 e. The van der Waals surface area contributed by atoms with E-state index in [1.54, 1.807) is 13.2 Å². The zero-order valence-corrected chi connectivity index (χ0v) is 12.2. The highest BCUT2D eigenvalue weighted by Gasteiger charge is 2.36. The number of hydrogen-bond donors (Lipinski definition) is 1. The Kier molecular flexibility index (Phi) is 4.94. The zero-order valence-electron chi connectivity index (χ0n) is 12.2. The molecule has 22 heavy (non-hydrogen) atoms. The molecule has 1 aromatic carbocycles. The number of halogens is 3. The van der Waals surface area contributed by atoms with Crippen LogP contribution >= 0.6 is 0 Å². The molecule has 0 aliphatic carbocycles. The van der Waals surface area contributed by atoms with Crippen molar-refractivity contribution in [2.24, 2.45) is 0 Å². The van der Waals surface area contributed by atoms with Crippen LogP contribution in [0.4, 0.5) is 18.9 Å². The Morgan fingerprint density at radius 1 is 1.36 bits per heavy atom. The van der Waals surface area contributed by atoms with E-state index in [4.69, 9.17) is 14.7 Å². The minimum atomic E-state index is -4.52. The Balaban J connectivity index is 2.20. The van der Waals surface area contributed by atoms with Gasteiger partial charge in [-0.1, -0.05) is 0 Å². The predicted molar refractivity (Wildman–Crippen MR) is 74.4 cm³/mol. The van der Waals surface area contributed by atoms with Crippen LogP contribution in [0, 0.1) is 11.3 Å². The van der Waals surface area contributed by atoms with E-state index in [0.717, 1.165) is 6.07 Å². The van der Waals surface area contributed by atoms with Crippen LogP contribution in [-0.4, -0.2) is 32.5 Å². The minimum absolute atomic E-state index is 0.0228.